The summed E-state index contributed by atoms with van der Waals surface area (Å²) in [4.78, 5) is 4.28. The summed E-state index contributed by atoms with van der Waals surface area (Å²) in [6.07, 6.45) is 8.90. The fourth-order valence-corrected chi connectivity index (χ4v) is 1.40. The molecular weight excluding hydrogens is 160 g/mol. The lowest BCUT2D eigenvalue weighted by Gasteiger charge is -2.06. The van der Waals surface area contributed by atoms with Crippen molar-refractivity contribution in [2.75, 3.05) is 6.54 Å². The van der Waals surface area contributed by atoms with E-state index in [4.69, 9.17) is 0 Å². The molecule has 74 valence electrons. The molecule has 1 rings (SSSR count). The lowest BCUT2D eigenvalue weighted by molar-refractivity contribution is 0.557. The van der Waals surface area contributed by atoms with Crippen molar-refractivity contribution < 1.29 is 0 Å². The van der Waals surface area contributed by atoms with Gasteiger partial charge in [0, 0.05) is 24.4 Å². The topological polar surface area (TPSA) is 24.4 Å². The average molecular weight is 180 g/mol. The molecule has 1 aliphatic heterocycles. The van der Waals surface area contributed by atoms with Crippen LogP contribution in [0.1, 0.15) is 39.5 Å². The number of aliphatic imine (C=N–C) groups is 1. The third kappa shape index (κ3) is 4.83. The molecule has 0 amide bonds. The first kappa shape index (κ1) is 10.5. The van der Waals surface area contributed by atoms with E-state index in [1.54, 1.807) is 0 Å². The van der Waals surface area contributed by atoms with Crippen LogP contribution in [0.4, 0.5) is 0 Å². The average Bonchev–Trinajstić information content (AvgIpc) is 2.55. The third-order valence-electron chi connectivity index (χ3n) is 2.13. The van der Waals surface area contributed by atoms with E-state index >= 15 is 0 Å². The van der Waals surface area contributed by atoms with Crippen molar-refractivity contribution in [1.29, 1.82) is 0 Å². The van der Waals surface area contributed by atoms with Crippen molar-refractivity contribution >= 4 is 6.21 Å². The number of hydrogen-bond donors (Lipinski definition) is 1. The maximum atomic E-state index is 4.28. The summed E-state index contributed by atoms with van der Waals surface area (Å²) in [6, 6.07) is 0.615. The van der Waals surface area contributed by atoms with Crippen molar-refractivity contribution in [2.24, 2.45) is 4.99 Å². The Bertz CT molecular complexity index is 192. The van der Waals surface area contributed by atoms with Crippen LogP contribution in [0.25, 0.3) is 0 Å². The molecule has 0 spiro atoms. The van der Waals surface area contributed by atoms with E-state index in [1.807, 2.05) is 6.21 Å². The molecule has 1 N–H and O–H groups in total. The smallest absolute Gasteiger partial charge is 0.0363 e. The van der Waals surface area contributed by atoms with Gasteiger partial charge in [0.15, 0.2) is 0 Å². The molecule has 0 bridgehead atoms. The summed E-state index contributed by atoms with van der Waals surface area (Å²) >= 11 is 0. The van der Waals surface area contributed by atoms with E-state index in [1.165, 1.54) is 18.5 Å². The second-order valence-electron chi connectivity index (χ2n) is 3.81. The van der Waals surface area contributed by atoms with E-state index in [0.29, 0.717) is 6.04 Å². The first-order chi connectivity index (χ1) is 6.29. The van der Waals surface area contributed by atoms with Crippen LogP contribution in [0.5, 0.6) is 0 Å². The summed E-state index contributed by atoms with van der Waals surface area (Å²) in [5.41, 5.74) is 1.28. The number of hydrogen-bond acceptors (Lipinski definition) is 2. The Morgan fingerprint density at radius 1 is 1.46 bits per heavy atom. The van der Waals surface area contributed by atoms with Crippen LogP contribution in [0, 0.1) is 0 Å². The van der Waals surface area contributed by atoms with E-state index in [0.717, 1.165) is 19.4 Å². The highest BCUT2D eigenvalue weighted by Gasteiger charge is 1.98. The van der Waals surface area contributed by atoms with Gasteiger partial charge in [0.2, 0.25) is 0 Å². The lowest BCUT2D eigenvalue weighted by Crippen LogP contribution is -2.23. The minimum absolute atomic E-state index is 0.615. The third-order valence-corrected chi connectivity index (χ3v) is 2.13. The first-order valence-electron chi connectivity index (χ1n) is 5.24. The van der Waals surface area contributed by atoms with E-state index < -0.39 is 0 Å². The largest absolute Gasteiger partial charge is 0.315 e. The van der Waals surface area contributed by atoms with Gasteiger partial charge in [-0.2, -0.15) is 0 Å². The molecule has 0 saturated carbocycles. The molecule has 0 saturated heterocycles. The van der Waals surface area contributed by atoms with Crippen LogP contribution >= 0.6 is 0 Å². The van der Waals surface area contributed by atoms with Gasteiger partial charge in [-0.25, -0.2) is 0 Å². The number of nitrogens with one attached hydrogen (secondary N) is 1. The Labute approximate surface area is 81.1 Å². The molecule has 0 radical (unpaired) electrons. The summed E-state index contributed by atoms with van der Waals surface area (Å²) in [5, 5.41) is 3.41. The van der Waals surface area contributed by atoms with Gasteiger partial charge in [0.25, 0.3) is 0 Å². The van der Waals surface area contributed by atoms with Crippen LogP contribution in [0.3, 0.4) is 0 Å². The standard InChI is InChI=1S/C11H20N2/c1-10(2)12-8-4-3-6-11-7-5-9-13-11/h7,9-10,12H,3-6,8H2,1-2H3. The predicted molar refractivity (Wildman–Crippen MR) is 58.2 cm³/mol. The zero-order valence-corrected chi connectivity index (χ0v) is 8.71. The zero-order chi connectivity index (χ0) is 9.52. The summed E-state index contributed by atoms with van der Waals surface area (Å²) < 4.78 is 0. The summed E-state index contributed by atoms with van der Waals surface area (Å²) in [6.45, 7) is 5.50. The van der Waals surface area contributed by atoms with Crippen LogP contribution < -0.4 is 5.32 Å². The molecule has 0 unspecified atom stereocenters. The first-order valence-corrected chi connectivity index (χ1v) is 5.24. The zero-order valence-electron chi connectivity index (χ0n) is 8.71. The van der Waals surface area contributed by atoms with Crippen molar-refractivity contribution in [1.82, 2.24) is 5.32 Å². The molecule has 0 aromatic carbocycles. The second kappa shape index (κ2) is 5.92. The van der Waals surface area contributed by atoms with E-state index in [9.17, 15) is 0 Å². The molecule has 1 aliphatic rings. The number of nitrogens with zero attached hydrogens (tertiary/aromatic N) is 1. The minimum Gasteiger partial charge on any atom is -0.315 e. The minimum atomic E-state index is 0.615. The van der Waals surface area contributed by atoms with Gasteiger partial charge >= 0.3 is 0 Å². The summed E-state index contributed by atoms with van der Waals surface area (Å²) in [5.74, 6) is 0. The Hall–Kier alpha value is -0.630. The fraction of sp³-hybridized carbons (Fsp3) is 0.727. The van der Waals surface area contributed by atoms with Gasteiger partial charge in [-0.15, -0.1) is 0 Å². The Morgan fingerprint density at radius 2 is 2.31 bits per heavy atom. The van der Waals surface area contributed by atoms with Crippen LogP contribution in [-0.2, 0) is 0 Å². The molecule has 0 fully saturated rings. The Kier molecular flexibility index (Phi) is 4.76. The molecule has 1 heterocycles. The number of rotatable bonds is 6. The predicted octanol–water partition coefficient (Wildman–Crippen LogP) is 2.51. The highest BCUT2D eigenvalue weighted by Crippen LogP contribution is 2.12. The van der Waals surface area contributed by atoms with Crippen LogP contribution in [-0.4, -0.2) is 18.8 Å². The maximum absolute atomic E-state index is 4.28. The molecular formula is C11H20N2. The van der Waals surface area contributed by atoms with Crippen molar-refractivity contribution in [3.63, 3.8) is 0 Å². The molecule has 0 aromatic rings. The number of allylic oxidation sites excluding steroid dienone is 2. The van der Waals surface area contributed by atoms with E-state index in [-0.39, 0.29) is 0 Å². The monoisotopic (exact) mass is 180 g/mol. The quantitative estimate of drug-likeness (QED) is 0.624. The molecule has 13 heavy (non-hydrogen) atoms. The van der Waals surface area contributed by atoms with Gasteiger partial charge in [0.05, 0.1) is 0 Å². The normalized spacial score (nSPS) is 15.5. The lowest BCUT2D eigenvalue weighted by atomic mass is 10.2. The van der Waals surface area contributed by atoms with E-state index in [2.05, 4.69) is 30.2 Å². The van der Waals surface area contributed by atoms with Crippen LogP contribution in [0.2, 0.25) is 0 Å². The SMILES string of the molecule is CC(C)NCCCCC1=CCC=N1. The van der Waals surface area contributed by atoms with Crippen molar-refractivity contribution in [2.45, 2.75) is 45.6 Å². The van der Waals surface area contributed by atoms with Crippen molar-refractivity contribution in [3.8, 4) is 0 Å². The van der Waals surface area contributed by atoms with Crippen molar-refractivity contribution in [3.05, 3.63) is 11.8 Å². The maximum Gasteiger partial charge on any atom is 0.0363 e. The molecule has 0 atom stereocenters. The molecule has 0 aromatic heterocycles. The molecule has 2 heteroatoms. The molecule has 0 aliphatic carbocycles. The van der Waals surface area contributed by atoms with Gasteiger partial charge in [-0.3, -0.25) is 4.99 Å². The number of unbranched alkanes of at least 4 members (excludes halogenated alkanes) is 1. The van der Waals surface area contributed by atoms with Gasteiger partial charge in [-0.1, -0.05) is 19.9 Å². The van der Waals surface area contributed by atoms with Crippen LogP contribution in [0.15, 0.2) is 16.8 Å². The summed E-state index contributed by atoms with van der Waals surface area (Å²) in [7, 11) is 0. The Morgan fingerprint density at radius 3 is 2.92 bits per heavy atom. The van der Waals surface area contributed by atoms with Gasteiger partial charge < -0.3 is 5.32 Å². The fourth-order valence-electron chi connectivity index (χ4n) is 1.40. The second-order valence-corrected chi connectivity index (χ2v) is 3.81. The Balaban J connectivity index is 1.92. The van der Waals surface area contributed by atoms with Gasteiger partial charge in [-0.05, 0) is 25.8 Å². The highest BCUT2D eigenvalue weighted by molar-refractivity contribution is 5.64. The molecule has 2 nitrogen and oxygen atoms in total. The van der Waals surface area contributed by atoms with Gasteiger partial charge in [0.1, 0.15) is 0 Å². The highest BCUT2D eigenvalue weighted by atomic mass is 14.9.